The van der Waals surface area contributed by atoms with Gasteiger partial charge in [-0.05, 0) is 41.3 Å². The Hall–Kier alpha value is -0.310. The third-order valence-corrected chi connectivity index (χ3v) is 6.89. The standard InChI is InChI=1S/C17H18BrClS/c18-16(17-15(19)10-11-20-17)14-8-6-13(7-9-14)12-4-2-1-3-5-12/h6-12,16H,1-5H2. The van der Waals surface area contributed by atoms with Gasteiger partial charge in [-0.3, -0.25) is 0 Å². The predicted molar refractivity (Wildman–Crippen MR) is 92.4 cm³/mol. The fraction of sp³-hybridized carbons (Fsp3) is 0.412. The van der Waals surface area contributed by atoms with Crippen LogP contribution in [0.4, 0.5) is 0 Å². The molecule has 20 heavy (non-hydrogen) atoms. The minimum atomic E-state index is 0.204. The molecule has 1 atom stereocenters. The molecule has 1 unspecified atom stereocenters. The smallest absolute Gasteiger partial charge is 0.0753 e. The van der Waals surface area contributed by atoms with Crippen molar-refractivity contribution in [2.45, 2.75) is 42.8 Å². The summed E-state index contributed by atoms with van der Waals surface area (Å²) in [6.07, 6.45) is 6.90. The van der Waals surface area contributed by atoms with E-state index in [2.05, 4.69) is 40.2 Å². The first-order valence-corrected chi connectivity index (χ1v) is 9.40. The van der Waals surface area contributed by atoms with Crippen LogP contribution in [0.5, 0.6) is 0 Å². The van der Waals surface area contributed by atoms with Crippen LogP contribution in [-0.4, -0.2) is 0 Å². The molecule has 106 valence electrons. The third-order valence-electron chi connectivity index (χ3n) is 4.18. The molecule has 1 aliphatic carbocycles. The summed E-state index contributed by atoms with van der Waals surface area (Å²) in [5.41, 5.74) is 2.79. The van der Waals surface area contributed by atoms with Gasteiger partial charge >= 0.3 is 0 Å². The van der Waals surface area contributed by atoms with Crippen molar-refractivity contribution in [2.24, 2.45) is 0 Å². The van der Waals surface area contributed by atoms with Crippen molar-refractivity contribution in [2.75, 3.05) is 0 Å². The Morgan fingerprint density at radius 3 is 2.35 bits per heavy atom. The molecule has 0 spiro atoms. The molecule has 0 N–H and O–H groups in total. The molecule has 0 radical (unpaired) electrons. The molecule has 1 saturated carbocycles. The predicted octanol–water partition coefficient (Wildman–Crippen LogP) is 6.93. The first-order valence-electron chi connectivity index (χ1n) is 7.22. The number of hydrogen-bond acceptors (Lipinski definition) is 1. The van der Waals surface area contributed by atoms with E-state index in [0.29, 0.717) is 0 Å². The molecular weight excluding hydrogens is 352 g/mol. The molecular formula is C17H18BrClS. The van der Waals surface area contributed by atoms with Crippen LogP contribution in [0.2, 0.25) is 5.02 Å². The molecule has 1 heterocycles. The monoisotopic (exact) mass is 368 g/mol. The zero-order valence-corrected chi connectivity index (χ0v) is 14.5. The normalized spacial score (nSPS) is 18.1. The van der Waals surface area contributed by atoms with Gasteiger partial charge in [0, 0.05) is 4.88 Å². The summed E-state index contributed by atoms with van der Waals surface area (Å²) < 4.78 is 0. The minimum absolute atomic E-state index is 0.204. The van der Waals surface area contributed by atoms with Crippen LogP contribution in [0, 0.1) is 0 Å². The molecule has 0 saturated heterocycles. The van der Waals surface area contributed by atoms with E-state index in [9.17, 15) is 0 Å². The van der Waals surface area contributed by atoms with Gasteiger partial charge < -0.3 is 0 Å². The summed E-state index contributed by atoms with van der Waals surface area (Å²) in [5, 5.41) is 2.90. The topological polar surface area (TPSA) is 0 Å². The summed E-state index contributed by atoms with van der Waals surface area (Å²) >= 11 is 11.7. The van der Waals surface area contributed by atoms with Crippen LogP contribution in [-0.2, 0) is 0 Å². The molecule has 3 heteroatoms. The second kappa shape index (κ2) is 6.64. The quantitative estimate of drug-likeness (QED) is 0.514. The van der Waals surface area contributed by atoms with Crippen molar-refractivity contribution < 1.29 is 0 Å². The highest BCUT2D eigenvalue weighted by molar-refractivity contribution is 9.09. The molecule has 0 nitrogen and oxygen atoms in total. The maximum Gasteiger partial charge on any atom is 0.0753 e. The number of alkyl halides is 1. The van der Waals surface area contributed by atoms with E-state index in [1.54, 1.807) is 11.3 Å². The summed E-state index contributed by atoms with van der Waals surface area (Å²) in [6.45, 7) is 0. The van der Waals surface area contributed by atoms with Crippen molar-refractivity contribution >= 4 is 38.9 Å². The average molecular weight is 370 g/mol. The lowest BCUT2D eigenvalue weighted by atomic mass is 9.84. The Labute approximate surface area is 138 Å². The number of rotatable bonds is 3. The van der Waals surface area contributed by atoms with Gasteiger partial charge in [-0.2, -0.15) is 0 Å². The number of halogens is 2. The van der Waals surface area contributed by atoms with Gasteiger partial charge in [0.1, 0.15) is 0 Å². The largest absolute Gasteiger partial charge is 0.146 e. The van der Waals surface area contributed by atoms with Crippen LogP contribution in [0.25, 0.3) is 0 Å². The van der Waals surface area contributed by atoms with Crippen molar-refractivity contribution in [3.63, 3.8) is 0 Å². The van der Waals surface area contributed by atoms with Crippen molar-refractivity contribution in [1.82, 2.24) is 0 Å². The molecule has 0 amide bonds. The third kappa shape index (κ3) is 3.13. The molecule has 1 aliphatic rings. The van der Waals surface area contributed by atoms with E-state index in [1.807, 2.05) is 11.4 Å². The maximum atomic E-state index is 6.22. The molecule has 1 aromatic heterocycles. The van der Waals surface area contributed by atoms with Gasteiger partial charge in [0.05, 0.1) is 9.85 Å². The van der Waals surface area contributed by atoms with Gasteiger partial charge in [-0.1, -0.05) is 71.1 Å². The van der Waals surface area contributed by atoms with Crippen LogP contribution >= 0.6 is 38.9 Å². The fourth-order valence-electron chi connectivity index (χ4n) is 3.01. The highest BCUT2D eigenvalue weighted by Gasteiger charge is 2.18. The summed E-state index contributed by atoms with van der Waals surface area (Å²) in [4.78, 5) is 1.40. The van der Waals surface area contributed by atoms with Crippen LogP contribution in [0.3, 0.4) is 0 Å². The number of hydrogen-bond donors (Lipinski definition) is 0. The fourth-order valence-corrected chi connectivity index (χ4v) is 5.19. The van der Waals surface area contributed by atoms with Crippen LogP contribution < -0.4 is 0 Å². The number of benzene rings is 1. The van der Waals surface area contributed by atoms with E-state index in [-0.39, 0.29) is 4.83 Å². The zero-order valence-electron chi connectivity index (χ0n) is 11.3. The molecule has 0 bridgehead atoms. The highest BCUT2D eigenvalue weighted by Crippen LogP contribution is 2.39. The summed E-state index contributed by atoms with van der Waals surface area (Å²) in [5.74, 6) is 0.775. The lowest BCUT2D eigenvalue weighted by Gasteiger charge is -2.22. The van der Waals surface area contributed by atoms with Crippen molar-refractivity contribution in [1.29, 1.82) is 0 Å². The Kier molecular flexibility index (Phi) is 4.85. The van der Waals surface area contributed by atoms with E-state index < -0.39 is 0 Å². The maximum absolute atomic E-state index is 6.22. The summed E-state index contributed by atoms with van der Waals surface area (Å²) in [7, 11) is 0. The second-order valence-corrected chi connectivity index (χ2v) is 7.77. The molecule has 3 rings (SSSR count). The molecule has 2 aromatic rings. The molecule has 0 aliphatic heterocycles. The first-order chi connectivity index (χ1) is 9.75. The van der Waals surface area contributed by atoms with E-state index in [0.717, 1.165) is 10.9 Å². The second-order valence-electron chi connectivity index (χ2n) is 5.50. The Morgan fingerprint density at radius 1 is 1.05 bits per heavy atom. The van der Waals surface area contributed by atoms with Crippen LogP contribution in [0.15, 0.2) is 35.7 Å². The van der Waals surface area contributed by atoms with E-state index in [1.165, 1.54) is 48.1 Å². The SMILES string of the molecule is Clc1ccsc1C(Br)c1ccc(C2CCCCC2)cc1. The number of thiophene rings is 1. The van der Waals surface area contributed by atoms with Gasteiger partial charge in [0.15, 0.2) is 0 Å². The van der Waals surface area contributed by atoms with Gasteiger partial charge in [0.25, 0.3) is 0 Å². The zero-order chi connectivity index (χ0) is 13.9. The lowest BCUT2D eigenvalue weighted by Crippen LogP contribution is -2.04. The van der Waals surface area contributed by atoms with Crippen molar-refractivity contribution in [3.8, 4) is 0 Å². The average Bonchev–Trinajstić information content (AvgIpc) is 2.94. The first kappa shape index (κ1) is 14.6. The lowest BCUT2D eigenvalue weighted by molar-refractivity contribution is 0.443. The van der Waals surface area contributed by atoms with Gasteiger partial charge in [0.2, 0.25) is 0 Å². The molecule has 1 fully saturated rings. The molecule has 1 aromatic carbocycles. The summed E-state index contributed by atoms with van der Waals surface area (Å²) in [6, 6.07) is 11.1. The van der Waals surface area contributed by atoms with Crippen molar-refractivity contribution in [3.05, 3.63) is 56.7 Å². The van der Waals surface area contributed by atoms with Gasteiger partial charge in [-0.25, -0.2) is 0 Å². The Morgan fingerprint density at radius 2 is 1.75 bits per heavy atom. The Balaban J connectivity index is 1.77. The Bertz CT molecular complexity index is 555. The van der Waals surface area contributed by atoms with E-state index >= 15 is 0 Å². The van der Waals surface area contributed by atoms with Crippen LogP contribution in [0.1, 0.15) is 58.9 Å². The van der Waals surface area contributed by atoms with E-state index in [4.69, 9.17) is 11.6 Å². The highest BCUT2D eigenvalue weighted by atomic mass is 79.9. The minimum Gasteiger partial charge on any atom is -0.146 e. The van der Waals surface area contributed by atoms with Gasteiger partial charge in [-0.15, -0.1) is 11.3 Å².